The summed E-state index contributed by atoms with van der Waals surface area (Å²) >= 11 is 7.93. The molecule has 2 heterocycles. The van der Waals surface area contributed by atoms with E-state index in [1.54, 1.807) is 12.1 Å². The number of likely N-dealkylation sites (tertiary alicyclic amines) is 1. The van der Waals surface area contributed by atoms with Gasteiger partial charge < -0.3 is 9.80 Å². The highest BCUT2D eigenvalue weighted by molar-refractivity contribution is 8.00. The van der Waals surface area contributed by atoms with Crippen LogP contribution in [-0.4, -0.2) is 51.9 Å². The molecular formula is C22H23ClN2O2S. The lowest BCUT2D eigenvalue weighted by Crippen LogP contribution is -2.53. The molecule has 4 nitrogen and oxygen atoms in total. The van der Waals surface area contributed by atoms with Crippen LogP contribution in [0, 0.1) is 0 Å². The molecule has 28 heavy (non-hydrogen) atoms. The van der Waals surface area contributed by atoms with Crippen molar-refractivity contribution < 1.29 is 9.59 Å². The number of thioether (sulfide) groups is 1. The molecule has 2 fully saturated rings. The van der Waals surface area contributed by atoms with E-state index in [1.165, 1.54) is 0 Å². The summed E-state index contributed by atoms with van der Waals surface area (Å²) < 4.78 is 0. The van der Waals surface area contributed by atoms with Gasteiger partial charge in [0.1, 0.15) is 0 Å². The van der Waals surface area contributed by atoms with E-state index in [0.29, 0.717) is 30.1 Å². The lowest BCUT2D eigenvalue weighted by atomic mass is 10.00. The molecule has 146 valence electrons. The zero-order chi connectivity index (χ0) is 19.6. The van der Waals surface area contributed by atoms with Gasteiger partial charge in [0.05, 0.1) is 11.3 Å². The van der Waals surface area contributed by atoms with Crippen molar-refractivity contribution in [1.29, 1.82) is 0 Å². The summed E-state index contributed by atoms with van der Waals surface area (Å²) in [5.74, 6) is 1.14. The zero-order valence-electron chi connectivity index (χ0n) is 15.6. The van der Waals surface area contributed by atoms with Crippen molar-refractivity contribution in [2.24, 2.45) is 0 Å². The van der Waals surface area contributed by atoms with Crippen LogP contribution in [0.2, 0.25) is 5.02 Å². The third kappa shape index (κ3) is 3.91. The summed E-state index contributed by atoms with van der Waals surface area (Å²) in [6.45, 7) is 2.13. The van der Waals surface area contributed by atoms with Crippen LogP contribution in [0.5, 0.6) is 0 Å². The third-order valence-electron chi connectivity index (χ3n) is 5.59. The van der Waals surface area contributed by atoms with E-state index in [1.807, 2.05) is 64.0 Å². The molecule has 2 aromatic carbocycles. The first-order valence-electron chi connectivity index (χ1n) is 9.61. The Labute approximate surface area is 174 Å². The Morgan fingerprint density at radius 3 is 2.46 bits per heavy atom. The fourth-order valence-corrected chi connectivity index (χ4v) is 5.72. The van der Waals surface area contributed by atoms with Crippen molar-refractivity contribution >= 4 is 35.2 Å². The minimum Gasteiger partial charge on any atom is -0.342 e. The Bertz CT molecular complexity index is 866. The Kier molecular flexibility index (Phi) is 5.65. The number of amides is 2. The van der Waals surface area contributed by atoms with Crippen LogP contribution in [0.1, 0.15) is 28.8 Å². The van der Waals surface area contributed by atoms with Crippen LogP contribution < -0.4 is 0 Å². The van der Waals surface area contributed by atoms with Crippen molar-refractivity contribution in [3.63, 3.8) is 0 Å². The summed E-state index contributed by atoms with van der Waals surface area (Å²) in [7, 11) is 0. The average Bonchev–Trinajstić information content (AvgIpc) is 3.11. The first-order chi connectivity index (χ1) is 13.6. The number of piperidine rings is 1. The molecule has 0 saturated carbocycles. The predicted molar refractivity (Wildman–Crippen MR) is 114 cm³/mol. The van der Waals surface area contributed by atoms with Crippen LogP contribution in [0.3, 0.4) is 0 Å². The first kappa shape index (κ1) is 19.3. The Hall–Kier alpha value is -1.98. The first-order valence-corrected chi connectivity index (χ1v) is 11.0. The van der Waals surface area contributed by atoms with Crippen molar-refractivity contribution in [1.82, 2.24) is 9.80 Å². The van der Waals surface area contributed by atoms with Gasteiger partial charge >= 0.3 is 0 Å². The van der Waals surface area contributed by atoms with Gasteiger partial charge in [0.2, 0.25) is 5.91 Å². The second kappa shape index (κ2) is 8.18. The van der Waals surface area contributed by atoms with E-state index in [9.17, 15) is 9.59 Å². The van der Waals surface area contributed by atoms with Crippen LogP contribution in [0.15, 0.2) is 54.6 Å². The fraction of sp³-hybridized carbons (Fsp3) is 0.364. The van der Waals surface area contributed by atoms with Crippen LogP contribution in [0.25, 0.3) is 0 Å². The number of rotatable bonds is 3. The fourth-order valence-electron chi connectivity index (χ4n) is 4.07. The van der Waals surface area contributed by atoms with E-state index >= 15 is 0 Å². The van der Waals surface area contributed by atoms with Crippen LogP contribution in [-0.2, 0) is 11.2 Å². The summed E-state index contributed by atoms with van der Waals surface area (Å²) in [4.78, 5) is 29.5. The number of hydrogen-bond acceptors (Lipinski definition) is 3. The Balaban J connectivity index is 1.42. The molecule has 0 aliphatic carbocycles. The molecule has 2 saturated heterocycles. The molecule has 0 unspecified atom stereocenters. The second-order valence-corrected chi connectivity index (χ2v) is 9.20. The quantitative estimate of drug-likeness (QED) is 0.759. The van der Waals surface area contributed by atoms with Gasteiger partial charge in [-0.1, -0.05) is 48.0 Å². The SMILES string of the molecule is O=C(Cc1ccccc1)N1CCC2(CC1)SCCN2C(=O)c1cccc(Cl)c1. The lowest BCUT2D eigenvalue weighted by molar-refractivity contribution is -0.132. The number of carbonyl (C=O) groups is 2. The molecule has 0 aromatic heterocycles. The molecule has 6 heteroatoms. The van der Waals surface area contributed by atoms with Gasteiger partial charge in [-0.15, -0.1) is 11.8 Å². The maximum Gasteiger partial charge on any atom is 0.255 e. The topological polar surface area (TPSA) is 40.6 Å². The van der Waals surface area contributed by atoms with E-state index in [0.717, 1.165) is 30.7 Å². The van der Waals surface area contributed by atoms with Gasteiger partial charge in [0.15, 0.2) is 0 Å². The molecule has 0 bridgehead atoms. The molecule has 0 N–H and O–H groups in total. The maximum absolute atomic E-state index is 13.1. The zero-order valence-corrected chi connectivity index (χ0v) is 17.2. The van der Waals surface area contributed by atoms with Gasteiger partial charge in [-0.25, -0.2) is 0 Å². The number of hydrogen-bond donors (Lipinski definition) is 0. The molecule has 0 atom stereocenters. The lowest BCUT2D eigenvalue weighted by Gasteiger charge is -2.44. The maximum atomic E-state index is 13.1. The van der Waals surface area contributed by atoms with Gasteiger partial charge in [-0.2, -0.15) is 0 Å². The van der Waals surface area contributed by atoms with Gasteiger partial charge in [0.25, 0.3) is 5.91 Å². The van der Waals surface area contributed by atoms with Crippen molar-refractivity contribution in [3.8, 4) is 0 Å². The molecular weight excluding hydrogens is 392 g/mol. The highest BCUT2D eigenvalue weighted by atomic mass is 35.5. The Morgan fingerprint density at radius 1 is 1.00 bits per heavy atom. The number of nitrogens with zero attached hydrogens (tertiary/aromatic N) is 2. The number of benzene rings is 2. The molecule has 2 aromatic rings. The Morgan fingerprint density at radius 2 is 1.75 bits per heavy atom. The normalized spacial score (nSPS) is 18.5. The van der Waals surface area contributed by atoms with Gasteiger partial charge in [0, 0.05) is 36.0 Å². The molecule has 1 spiro atoms. The van der Waals surface area contributed by atoms with Crippen molar-refractivity contribution in [2.45, 2.75) is 24.1 Å². The van der Waals surface area contributed by atoms with Gasteiger partial charge in [-0.05, 0) is 36.6 Å². The minimum absolute atomic E-state index is 0.0385. The standard InChI is InChI=1S/C22H23ClN2O2S/c23-19-8-4-7-18(16-19)21(27)25-13-14-28-22(25)9-11-24(12-10-22)20(26)15-17-5-2-1-3-6-17/h1-8,16H,9-15H2. The molecule has 2 amide bonds. The highest BCUT2D eigenvalue weighted by Crippen LogP contribution is 2.44. The smallest absolute Gasteiger partial charge is 0.255 e. The van der Waals surface area contributed by atoms with E-state index in [-0.39, 0.29) is 16.7 Å². The molecule has 4 rings (SSSR count). The van der Waals surface area contributed by atoms with Gasteiger partial charge in [-0.3, -0.25) is 9.59 Å². The summed E-state index contributed by atoms with van der Waals surface area (Å²) in [5, 5.41) is 0.577. The van der Waals surface area contributed by atoms with E-state index in [4.69, 9.17) is 11.6 Å². The highest BCUT2D eigenvalue weighted by Gasteiger charge is 2.47. The van der Waals surface area contributed by atoms with Crippen molar-refractivity contribution in [3.05, 3.63) is 70.7 Å². The number of halogens is 1. The second-order valence-electron chi connectivity index (χ2n) is 7.30. The van der Waals surface area contributed by atoms with E-state index < -0.39 is 0 Å². The summed E-state index contributed by atoms with van der Waals surface area (Å²) in [6.07, 6.45) is 2.06. The number of carbonyl (C=O) groups excluding carboxylic acids is 2. The summed E-state index contributed by atoms with van der Waals surface area (Å²) in [5.41, 5.74) is 1.68. The summed E-state index contributed by atoms with van der Waals surface area (Å²) in [6, 6.07) is 17.0. The average molecular weight is 415 g/mol. The minimum atomic E-state index is -0.205. The monoisotopic (exact) mass is 414 g/mol. The van der Waals surface area contributed by atoms with Crippen LogP contribution in [0.4, 0.5) is 0 Å². The molecule has 0 radical (unpaired) electrons. The molecule has 2 aliphatic heterocycles. The van der Waals surface area contributed by atoms with E-state index in [2.05, 4.69) is 0 Å². The third-order valence-corrected chi connectivity index (χ3v) is 7.38. The van der Waals surface area contributed by atoms with Crippen LogP contribution >= 0.6 is 23.4 Å². The van der Waals surface area contributed by atoms with Crippen molar-refractivity contribution in [2.75, 3.05) is 25.4 Å². The largest absolute Gasteiger partial charge is 0.342 e. The molecule has 2 aliphatic rings. The predicted octanol–water partition coefficient (Wildman–Crippen LogP) is 4.09.